The van der Waals surface area contributed by atoms with E-state index >= 15 is 0 Å². The van der Waals surface area contributed by atoms with E-state index in [4.69, 9.17) is 5.14 Å². The molecule has 0 aliphatic rings. The summed E-state index contributed by atoms with van der Waals surface area (Å²) in [6, 6.07) is 11.1. The lowest BCUT2D eigenvalue weighted by Crippen LogP contribution is -2.22. The van der Waals surface area contributed by atoms with Gasteiger partial charge in [-0.1, -0.05) is 18.2 Å². The summed E-state index contributed by atoms with van der Waals surface area (Å²) in [6.07, 6.45) is 0. The molecule has 0 radical (unpaired) electrons. The van der Waals surface area contributed by atoms with Crippen molar-refractivity contribution in [3.63, 3.8) is 0 Å². The first kappa shape index (κ1) is 15.2. The second kappa shape index (κ2) is 6.05. The van der Waals surface area contributed by atoms with Crippen molar-refractivity contribution >= 4 is 21.4 Å². The first-order valence-electron chi connectivity index (χ1n) is 6.30. The van der Waals surface area contributed by atoms with E-state index in [-0.39, 0.29) is 17.0 Å². The molecule has 108 valence electrons. The number of nitrogens with one attached hydrogen (secondary N) is 1. The van der Waals surface area contributed by atoms with Gasteiger partial charge in [-0.05, 0) is 43.0 Å². The molecule has 0 saturated carbocycles. The van der Waals surface area contributed by atoms with E-state index in [0.717, 1.165) is 5.56 Å². The van der Waals surface area contributed by atoms with Crippen molar-refractivity contribution in [1.29, 1.82) is 0 Å². The molecule has 1 aromatic heterocycles. The van der Waals surface area contributed by atoms with Gasteiger partial charge >= 0.3 is 0 Å². The Bertz CT molecular complexity index is 666. The largest absolute Gasteiger partial charge is 0.303 e. The highest BCUT2D eigenvalue weighted by molar-refractivity contribution is 7.89. The Hall–Kier alpha value is -1.21. The highest BCUT2D eigenvalue weighted by Gasteiger charge is 2.14. The smallest absolute Gasteiger partial charge is 0.238 e. The van der Waals surface area contributed by atoms with Gasteiger partial charge in [-0.3, -0.25) is 0 Å². The molecule has 0 spiro atoms. The maximum atomic E-state index is 11.4. The first-order valence-corrected chi connectivity index (χ1v) is 8.73. The maximum absolute atomic E-state index is 11.4. The Morgan fingerprint density at radius 1 is 1.15 bits per heavy atom. The minimum Gasteiger partial charge on any atom is -0.303 e. The molecule has 1 unspecified atom stereocenters. The second-order valence-electron chi connectivity index (χ2n) is 4.74. The quantitative estimate of drug-likeness (QED) is 0.892. The Balaban J connectivity index is 2.15. The minimum absolute atomic E-state index is 0.0359. The van der Waals surface area contributed by atoms with Gasteiger partial charge < -0.3 is 5.32 Å². The third-order valence-corrected chi connectivity index (χ3v) is 5.12. The molecule has 0 amide bonds. The number of rotatable bonds is 5. The van der Waals surface area contributed by atoms with Crippen LogP contribution in [0.3, 0.4) is 0 Å². The van der Waals surface area contributed by atoms with Gasteiger partial charge in [0.1, 0.15) is 0 Å². The van der Waals surface area contributed by atoms with Crippen LogP contribution in [-0.4, -0.2) is 8.42 Å². The van der Waals surface area contributed by atoms with Gasteiger partial charge in [0.15, 0.2) is 0 Å². The molecular formula is C14H18N2O2S2. The molecule has 0 aliphatic heterocycles. The lowest BCUT2D eigenvalue weighted by atomic mass is 10.1. The van der Waals surface area contributed by atoms with Crippen LogP contribution in [0.5, 0.6) is 0 Å². The number of hydrogen-bond donors (Lipinski definition) is 2. The van der Waals surface area contributed by atoms with Crippen molar-refractivity contribution in [2.75, 3.05) is 0 Å². The molecule has 3 N–H and O–H groups in total. The van der Waals surface area contributed by atoms with Crippen LogP contribution in [0.4, 0.5) is 0 Å². The zero-order valence-electron chi connectivity index (χ0n) is 11.4. The van der Waals surface area contributed by atoms with Crippen LogP contribution >= 0.6 is 11.3 Å². The molecule has 0 aliphatic carbocycles. The summed E-state index contributed by atoms with van der Waals surface area (Å²) >= 11 is 1.70. The van der Waals surface area contributed by atoms with E-state index in [1.807, 2.05) is 24.4 Å². The lowest BCUT2D eigenvalue weighted by molar-refractivity contribution is 0.499. The Morgan fingerprint density at radius 2 is 1.90 bits per heavy atom. The van der Waals surface area contributed by atoms with E-state index in [0.29, 0.717) is 0 Å². The molecule has 0 bridgehead atoms. The normalized spacial score (nSPS) is 14.9. The van der Waals surface area contributed by atoms with Crippen LogP contribution in [-0.2, 0) is 10.0 Å². The standard InChI is InChI=1S/C14H18N2O2S2/c1-10(16-11(2)14-7-4-8-19-14)12-5-3-6-13(9-12)20(15,17)18/h3-11,16H,1-2H3,(H2,15,17,18)/t10?,11-/m0/s1. The third kappa shape index (κ3) is 3.67. The van der Waals surface area contributed by atoms with Crippen LogP contribution in [0.25, 0.3) is 0 Å². The Morgan fingerprint density at radius 3 is 2.50 bits per heavy atom. The molecular weight excluding hydrogens is 292 g/mol. The van der Waals surface area contributed by atoms with E-state index in [2.05, 4.69) is 18.3 Å². The summed E-state index contributed by atoms with van der Waals surface area (Å²) in [5.41, 5.74) is 0.903. The van der Waals surface area contributed by atoms with Gasteiger partial charge in [-0.25, -0.2) is 13.6 Å². The lowest BCUT2D eigenvalue weighted by Gasteiger charge is -2.20. The number of sulfonamides is 1. The maximum Gasteiger partial charge on any atom is 0.238 e. The molecule has 0 fully saturated rings. The summed E-state index contributed by atoms with van der Waals surface area (Å²) in [5.74, 6) is 0. The average molecular weight is 310 g/mol. The molecule has 6 heteroatoms. The highest BCUT2D eigenvalue weighted by Crippen LogP contribution is 2.23. The second-order valence-corrected chi connectivity index (χ2v) is 7.28. The first-order chi connectivity index (χ1) is 9.38. The zero-order chi connectivity index (χ0) is 14.8. The van der Waals surface area contributed by atoms with Crippen LogP contribution in [0.1, 0.15) is 36.4 Å². The molecule has 4 nitrogen and oxygen atoms in total. The molecule has 2 aromatic rings. The van der Waals surface area contributed by atoms with Crippen molar-refractivity contribution in [2.24, 2.45) is 5.14 Å². The molecule has 1 heterocycles. The minimum atomic E-state index is -3.66. The van der Waals surface area contributed by atoms with Crippen molar-refractivity contribution in [3.05, 3.63) is 52.2 Å². The molecule has 2 rings (SSSR count). The number of primary sulfonamides is 1. The predicted octanol–water partition coefficient (Wildman–Crippen LogP) is 2.81. The SMILES string of the molecule is CC(N[C@@H](C)c1cccs1)c1cccc(S(N)(=O)=O)c1. The van der Waals surface area contributed by atoms with E-state index in [9.17, 15) is 8.42 Å². The van der Waals surface area contributed by atoms with E-state index in [1.54, 1.807) is 23.5 Å². The fraction of sp³-hybridized carbons (Fsp3) is 0.286. The fourth-order valence-electron chi connectivity index (χ4n) is 2.05. The van der Waals surface area contributed by atoms with Crippen LogP contribution in [0.15, 0.2) is 46.7 Å². The van der Waals surface area contributed by atoms with Gasteiger partial charge in [0, 0.05) is 17.0 Å². The predicted molar refractivity (Wildman–Crippen MR) is 82.1 cm³/mol. The Kier molecular flexibility index (Phi) is 4.59. The summed E-state index contributed by atoms with van der Waals surface area (Å²) in [4.78, 5) is 1.40. The number of thiophene rings is 1. The zero-order valence-corrected chi connectivity index (χ0v) is 13.0. The van der Waals surface area contributed by atoms with Crippen LogP contribution < -0.4 is 10.5 Å². The summed E-state index contributed by atoms with van der Waals surface area (Å²) < 4.78 is 22.8. The number of benzene rings is 1. The monoisotopic (exact) mass is 310 g/mol. The van der Waals surface area contributed by atoms with Crippen molar-refractivity contribution in [1.82, 2.24) is 5.32 Å². The van der Waals surface area contributed by atoms with Crippen LogP contribution in [0.2, 0.25) is 0 Å². The van der Waals surface area contributed by atoms with Crippen molar-refractivity contribution < 1.29 is 8.42 Å². The summed E-state index contributed by atoms with van der Waals surface area (Å²) in [6.45, 7) is 4.10. The van der Waals surface area contributed by atoms with E-state index < -0.39 is 10.0 Å². The van der Waals surface area contributed by atoms with Gasteiger partial charge in [0.25, 0.3) is 0 Å². The van der Waals surface area contributed by atoms with Gasteiger partial charge in [-0.15, -0.1) is 11.3 Å². The van der Waals surface area contributed by atoms with Gasteiger partial charge in [0.05, 0.1) is 4.90 Å². The third-order valence-electron chi connectivity index (χ3n) is 3.16. The highest BCUT2D eigenvalue weighted by atomic mass is 32.2. The Labute approximate surface area is 123 Å². The molecule has 1 aromatic carbocycles. The summed E-state index contributed by atoms with van der Waals surface area (Å²) in [7, 11) is -3.66. The van der Waals surface area contributed by atoms with E-state index in [1.165, 1.54) is 10.9 Å². The fourth-order valence-corrected chi connectivity index (χ4v) is 3.36. The average Bonchev–Trinajstić information content (AvgIpc) is 2.91. The number of nitrogens with two attached hydrogens (primary N) is 1. The molecule has 2 atom stereocenters. The molecule has 0 saturated heterocycles. The number of hydrogen-bond acceptors (Lipinski definition) is 4. The van der Waals surface area contributed by atoms with Crippen molar-refractivity contribution in [3.8, 4) is 0 Å². The summed E-state index contributed by atoms with van der Waals surface area (Å²) in [5, 5.41) is 10.7. The molecule has 20 heavy (non-hydrogen) atoms. The topological polar surface area (TPSA) is 72.2 Å². The van der Waals surface area contributed by atoms with Gasteiger partial charge in [-0.2, -0.15) is 0 Å². The van der Waals surface area contributed by atoms with Gasteiger partial charge in [0.2, 0.25) is 10.0 Å². The van der Waals surface area contributed by atoms with Crippen molar-refractivity contribution in [2.45, 2.75) is 30.8 Å². The van der Waals surface area contributed by atoms with Crippen LogP contribution in [0, 0.1) is 0 Å².